The Bertz CT molecular complexity index is 331. The number of hydrogen-bond donors (Lipinski definition) is 2. The summed E-state index contributed by atoms with van der Waals surface area (Å²) in [4.78, 5) is 18.2. The third-order valence-corrected chi connectivity index (χ3v) is 4.15. The summed E-state index contributed by atoms with van der Waals surface area (Å²) in [5.74, 6) is 0.705. The molecule has 0 aromatic heterocycles. The topological polar surface area (TPSA) is 70.7 Å². The van der Waals surface area contributed by atoms with Gasteiger partial charge in [-0.15, -0.1) is 24.0 Å². The molecule has 1 aliphatic rings. The van der Waals surface area contributed by atoms with E-state index in [1.54, 1.807) is 0 Å². The van der Waals surface area contributed by atoms with Crippen LogP contribution in [0, 0.1) is 0 Å². The number of nitrogens with two attached hydrogens (primary N) is 1. The predicted octanol–water partition coefficient (Wildman–Crippen LogP) is 3.27. The van der Waals surface area contributed by atoms with Crippen LogP contribution in [-0.4, -0.2) is 42.9 Å². The standard InChI is InChI=1S/C17H34N4O.HI/c1-2-3-4-5-6-8-12-19-17(18)20-13-11-16(22)21-14-9-7-10-15-21;/h2-15H2,1H3,(H3,18,19,20);1H. The number of guanidine groups is 1. The van der Waals surface area contributed by atoms with Crippen molar-refractivity contribution in [3.8, 4) is 0 Å². The lowest BCUT2D eigenvalue weighted by Gasteiger charge is -2.26. The number of piperidine rings is 1. The highest BCUT2D eigenvalue weighted by Crippen LogP contribution is 2.09. The van der Waals surface area contributed by atoms with Gasteiger partial charge in [-0.25, -0.2) is 0 Å². The molecule has 0 aromatic rings. The number of halogens is 1. The predicted molar refractivity (Wildman–Crippen MR) is 108 cm³/mol. The van der Waals surface area contributed by atoms with Crippen LogP contribution in [0.1, 0.15) is 71.1 Å². The zero-order chi connectivity index (χ0) is 16.0. The molecule has 1 fully saturated rings. The van der Waals surface area contributed by atoms with Gasteiger partial charge in [-0.05, 0) is 25.7 Å². The molecule has 0 radical (unpaired) electrons. The first-order chi connectivity index (χ1) is 10.7. The van der Waals surface area contributed by atoms with Crippen molar-refractivity contribution in [3.05, 3.63) is 0 Å². The van der Waals surface area contributed by atoms with Crippen molar-refractivity contribution < 1.29 is 4.79 Å². The number of nitrogens with zero attached hydrogens (tertiary/aromatic N) is 2. The van der Waals surface area contributed by atoms with Gasteiger partial charge in [-0.1, -0.05) is 39.0 Å². The second-order valence-electron chi connectivity index (χ2n) is 6.15. The molecule has 3 N–H and O–H groups in total. The first-order valence-electron chi connectivity index (χ1n) is 9.05. The lowest BCUT2D eigenvalue weighted by Crippen LogP contribution is -2.39. The highest BCUT2D eigenvalue weighted by molar-refractivity contribution is 14.0. The fraction of sp³-hybridized carbons (Fsp3) is 0.882. The maximum atomic E-state index is 12.0. The van der Waals surface area contributed by atoms with Gasteiger partial charge in [0, 0.05) is 32.6 Å². The monoisotopic (exact) mass is 438 g/mol. The third-order valence-electron chi connectivity index (χ3n) is 4.15. The molecule has 1 amide bonds. The van der Waals surface area contributed by atoms with Crippen LogP contribution in [0.2, 0.25) is 0 Å². The van der Waals surface area contributed by atoms with Crippen molar-refractivity contribution in [1.82, 2.24) is 10.2 Å². The van der Waals surface area contributed by atoms with Crippen molar-refractivity contribution in [2.45, 2.75) is 71.1 Å². The summed E-state index contributed by atoms with van der Waals surface area (Å²) in [6.07, 6.45) is 11.6. The lowest BCUT2D eigenvalue weighted by atomic mass is 10.1. The molecule has 1 aliphatic heterocycles. The van der Waals surface area contributed by atoms with E-state index in [1.165, 1.54) is 38.5 Å². The maximum Gasteiger partial charge on any atom is 0.224 e. The molecule has 1 rings (SSSR count). The number of amides is 1. The number of carbonyl (C=O) groups is 1. The summed E-state index contributed by atoms with van der Waals surface area (Å²) in [6.45, 7) is 5.43. The zero-order valence-corrected chi connectivity index (χ0v) is 17.0. The van der Waals surface area contributed by atoms with Crippen LogP contribution in [0.4, 0.5) is 0 Å². The van der Waals surface area contributed by atoms with Crippen molar-refractivity contribution in [2.75, 3.05) is 26.2 Å². The van der Waals surface area contributed by atoms with Crippen molar-refractivity contribution >= 4 is 35.8 Å². The summed E-state index contributed by atoms with van der Waals surface area (Å²) in [5.41, 5.74) is 5.81. The van der Waals surface area contributed by atoms with Gasteiger partial charge >= 0.3 is 0 Å². The summed E-state index contributed by atoms with van der Waals surface area (Å²) >= 11 is 0. The maximum absolute atomic E-state index is 12.0. The largest absolute Gasteiger partial charge is 0.370 e. The Morgan fingerprint density at radius 1 is 1.09 bits per heavy atom. The molecular weight excluding hydrogens is 403 g/mol. The number of hydrogen-bond acceptors (Lipinski definition) is 2. The van der Waals surface area contributed by atoms with Crippen LogP contribution in [0.5, 0.6) is 0 Å². The molecular formula is C17H35IN4O. The van der Waals surface area contributed by atoms with E-state index in [-0.39, 0.29) is 29.9 Å². The Balaban J connectivity index is 0.00000484. The van der Waals surface area contributed by atoms with Gasteiger partial charge in [0.25, 0.3) is 0 Å². The second-order valence-corrected chi connectivity index (χ2v) is 6.15. The van der Waals surface area contributed by atoms with Crippen molar-refractivity contribution in [3.63, 3.8) is 0 Å². The number of likely N-dealkylation sites (tertiary alicyclic amines) is 1. The minimum atomic E-state index is 0. The van der Waals surface area contributed by atoms with Crippen molar-refractivity contribution in [2.24, 2.45) is 10.7 Å². The Kier molecular flexibility index (Phi) is 14.7. The van der Waals surface area contributed by atoms with E-state index in [1.807, 2.05) is 4.90 Å². The Morgan fingerprint density at radius 2 is 1.74 bits per heavy atom. The SMILES string of the molecule is CCCCCCCCN=C(N)NCCC(=O)N1CCCCC1.I. The number of aliphatic imine (C=N–C) groups is 1. The fourth-order valence-corrected chi connectivity index (χ4v) is 2.75. The number of rotatable bonds is 10. The number of nitrogens with one attached hydrogen (secondary N) is 1. The van der Waals surface area contributed by atoms with E-state index in [0.717, 1.165) is 38.9 Å². The van der Waals surface area contributed by atoms with Gasteiger partial charge in [-0.3, -0.25) is 9.79 Å². The van der Waals surface area contributed by atoms with E-state index in [9.17, 15) is 4.79 Å². The van der Waals surface area contributed by atoms with Crippen LogP contribution in [-0.2, 0) is 4.79 Å². The zero-order valence-electron chi connectivity index (χ0n) is 14.7. The second kappa shape index (κ2) is 15.0. The quantitative estimate of drug-likeness (QED) is 0.238. The minimum Gasteiger partial charge on any atom is -0.370 e. The van der Waals surface area contributed by atoms with Crippen LogP contribution < -0.4 is 11.1 Å². The van der Waals surface area contributed by atoms with Gasteiger partial charge in [0.05, 0.1) is 0 Å². The fourth-order valence-electron chi connectivity index (χ4n) is 2.75. The van der Waals surface area contributed by atoms with Gasteiger partial charge < -0.3 is 16.0 Å². The minimum absolute atomic E-state index is 0. The molecule has 0 atom stereocenters. The molecule has 0 unspecified atom stereocenters. The molecule has 136 valence electrons. The van der Waals surface area contributed by atoms with Crippen molar-refractivity contribution in [1.29, 1.82) is 0 Å². The molecule has 1 saturated heterocycles. The number of carbonyl (C=O) groups excluding carboxylic acids is 1. The molecule has 0 spiro atoms. The normalized spacial score (nSPS) is 15.2. The molecule has 23 heavy (non-hydrogen) atoms. The van der Waals surface area contributed by atoms with E-state index < -0.39 is 0 Å². The first kappa shape index (κ1) is 22.5. The number of unbranched alkanes of at least 4 members (excludes halogenated alkanes) is 5. The average molecular weight is 438 g/mol. The Morgan fingerprint density at radius 3 is 2.43 bits per heavy atom. The average Bonchev–Trinajstić information content (AvgIpc) is 2.54. The molecule has 0 aliphatic carbocycles. The highest BCUT2D eigenvalue weighted by atomic mass is 127. The highest BCUT2D eigenvalue weighted by Gasteiger charge is 2.15. The van der Waals surface area contributed by atoms with Crippen LogP contribution >= 0.6 is 24.0 Å². The van der Waals surface area contributed by atoms with Crippen LogP contribution in [0.15, 0.2) is 4.99 Å². The first-order valence-corrected chi connectivity index (χ1v) is 9.05. The summed E-state index contributed by atoms with van der Waals surface area (Å²) in [7, 11) is 0. The third kappa shape index (κ3) is 11.6. The van der Waals surface area contributed by atoms with Crippen LogP contribution in [0.3, 0.4) is 0 Å². The van der Waals surface area contributed by atoms with E-state index >= 15 is 0 Å². The summed E-state index contributed by atoms with van der Waals surface area (Å²) in [5, 5.41) is 3.04. The molecule has 5 nitrogen and oxygen atoms in total. The Hall–Kier alpha value is -0.530. The van der Waals surface area contributed by atoms with Crippen LogP contribution in [0.25, 0.3) is 0 Å². The smallest absolute Gasteiger partial charge is 0.224 e. The van der Waals surface area contributed by atoms with E-state index in [2.05, 4.69) is 17.2 Å². The lowest BCUT2D eigenvalue weighted by molar-refractivity contribution is -0.131. The summed E-state index contributed by atoms with van der Waals surface area (Å²) in [6, 6.07) is 0. The molecule has 0 saturated carbocycles. The van der Waals surface area contributed by atoms with Gasteiger partial charge in [0.1, 0.15) is 0 Å². The van der Waals surface area contributed by atoms with E-state index in [0.29, 0.717) is 18.9 Å². The molecule has 0 aromatic carbocycles. The summed E-state index contributed by atoms with van der Waals surface area (Å²) < 4.78 is 0. The molecule has 6 heteroatoms. The van der Waals surface area contributed by atoms with E-state index in [4.69, 9.17) is 5.73 Å². The van der Waals surface area contributed by atoms with Gasteiger partial charge in [0.15, 0.2) is 5.96 Å². The van der Waals surface area contributed by atoms with Gasteiger partial charge in [-0.2, -0.15) is 0 Å². The molecule has 1 heterocycles. The Labute approximate surface area is 158 Å². The molecule has 0 bridgehead atoms. The van der Waals surface area contributed by atoms with Gasteiger partial charge in [0.2, 0.25) is 5.91 Å².